The van der Waals surface area contributed by atoms with E-state index in [0.29, 0.717) is 18.9 Å². The number of carbonyl (C=O) groups is 1. The summed E-state index contributed by atoms with van der Waals surface area (Å²) in [7, 11) is 2.01. The molecule has 0 aromatic carbocycles. The molecule has 1 rings (SSSR count). The molecule has 0 aromatic rings. The Kier molecular flexibility index (Phi) is 5.40. The predicted molar refractivity (Wildman–Crippen MR) is 67.1 cm³/mol. The number of ether oxygens (including phenoxy) is 1. The van der Waals surface area contributed by atoms with Gasteiger partial charge in [0.2, 0.25) is 0 Å². The molecule has 1 fully saturated rings. The Morgan fingerprint density at radius 3 is 2.76 bits per heavy atom. The Morgan fingerprint density at radius 2 is 2.29 bits per heavy atom. The van der Waals surface area contributed by atoms with E-state index >= 15 is 0 Å². The summed E-state index contributed by atoms with van der Waals surface area (Å²) in [5, 5.41) is 9.24. The van der Waals surface area contributed by atoms with Crippen LogP contribution in [0.25, 0.3) is 0 Å². The third-order valence-electron chi connectivity index (χ3n) is 3.74. The average Bonchev–Trinajstić information content (AvgIpc) is 2.29. The van der Waals surface area contributed by atoms with E-state index in [9.17, 15) is 9.90 Å². The van der Waals surface area contributed by atoms with E-state index in [-0.39, 0.29) is 0 Å². The van der Waals surface area contributed by atoms with Crippen LogP contribution in [0, 0.1) is 11.3 Å². The molecule has 1 aliphatic rings. The number of nitrogens with zero attached hydrogens (tertiary/aromatic N) is 1. The van der Waals surface area contributed by atoms with Crippen molar-refractivity contribution in [1.82, 2.24) is 4.90 Å². The normalized spacial score (nSPS) is 24.6. The first-order valence-electron chi connectivity index (χ1n) is 6.47. The molecule has 0 saturated carbocycles. The van der Waals surface area contributed by atoms with E-state index in [1.54, 1.807) is 0 Å². The smallest absolute Gasteiger partial charge is 0.310 e. The van der Waals surface area contributed by atoms with Crippen molar-refractivity contribution >= 4 is 5.97 Å². The van der Waals surface area contributed by atoms with Gasteiger partial charge in [-0.25, -0.2) is 0 Å². The van der Waals surface area contributed by atoms with Crippen LogP contribution in [-0.4, -0.2) is 49.3 Å². The van der Waals surface area contributed by atoms with Crippen LogP contribution in [0.15, 0.2) is 0 Å². The zero-order valence-electron chi connectivity index (χ0n) is 11.2. The molecular formula is C13H25NO3. The van der Waals surface area contributed by atoms with E-state index in [1.165, 1.54) is 6.42 Å². The van der Waals surface area contributed by atoms with Crippen LogP contribution in [0.2, 0.25) is 0 Å². The molecule has 1 heterocycles. The molecule has 100 valence electrons. The number of hydrogen-bond donors (Lipinski definition) is 1. The van der Waals surface area contributed by atoms with Gasteiger partial charge in [-0.3, -0.25) is 4.79 Å². The summed E-state index contributed by atoms with van der Waals surface area (Å²) >= 11 is 0. The Bertz CT molecular complexity index is 251. The van der Waals surface area contributed by atoms with Crippen LogP contribution in [0.5, 0.6) is 0 Å². The maximum absolute atomic E-state index is 11.2. The minimum Gasteiger partial charge on any atom is -0.481 e. The first-order valence-corrected chi connectivity index (χ1v) is 6.47. The number of carboxylic acids is 1. The van der Waals surface area contributed by atoms with Gasteiger partial charge in [-0.05, 0) is 39.2 Å². The fraction of sp³-hybridized carbons (Fsp3) is 0.923. The molecule has 0 amide bonds. The summed E-state index contributed by atoms with van der Waals surface area (Å²) in [6.45, 7) is 7.00. The monoisotopic (exact) mass is 243 g/mol. The van der Waals surface area contributed by atoms with Gasteiger partial charge in [0.05, 0.1) is 12.0 Å². The van der Waals surface area contributed by atoms with Gasteiger partial charge in [-0.2, -0.15) is 0 Å². The van der Waals surface area contributed by atoms with Crippen LogP contribution in [0.1, 0.15) is 33.1 Å². The molecule has 0 aliphatic carbocycles. The molecule has 0 aromatic heterocycles. The highest BCUT2D eigenvalue weighted by Crippen LogP contribution is 2.23. The summed E-state index contributed by atoms with van der Waals surface area (Å²) < 4.78 is 5.44. The average molecular weight is 243 g/mol. The number of hydrogen-bond acceptors (Lipinski definition) is 3. The topological polar surface area (TPSA) is 49.8 Å². The van der Waals surface area contributed by atoms with E-state index in [2.05, 4.69) is 4.90 Å². The van der Waals surface area contributed by atoms with Crippen molar-refractivity contribution in [2.45, 2.75) is 33.1 Å². The number of carboxylic acid groups (broad SMARTS) is 1. The van der Waals surface area contributed by atoms with Gasteiger partial charge in [-0.1, -0.05) is 6.92 Å². The van der Waals surface area contributed by atoms with Gasteiger partial charge in [0.15, 0.2) is 0 Å². The molecule has 2 atom stereocenters. The van der Waals surface area contributed by atoms with Crippen molar-refractivity contribution in [3.05, 3.63) is 0 Å². The molecule has 4 heteroatoms. The fourth-order valence-corrected chi connectivity index (χ4v) is 2.38. The Labute approximate surface area is 104 Å². The summed E-state index contributed by atoms with van der Waals surface area (Å²) in [4.78, 5) is 13.4. The van der Waals surface area contributed by atoms with Crippen LogP contribution in [0.3, 0.4) is 0 Å². The number of aliphatic carboxylic acids is 1. The Hall–Kier alpha value is -0.610. The SMILES string of the molecule is CCC(C)(CN(C)CC1CCCOC1)C(=O)O. The molecule has 17 heavy (non-hydrogen) atoms. The van der Waals surface area contributed by atoms with E-state index in [1.807, 2.05) is 20.9 Å². The third kappa shape index (κ3) is 4.28. The maximum atomic E-state index is 11.2. The quantitative estimate of drug-likeness (QED) is 0.773. The second-order valence-electron chi connectivity index (χ2n) is 5.50. The van der Waals surface area contributed by atoms with Crippen molar-refractivity contribution in [2.75, 3.05) is 33.4 Å². The summed E-state index contributed by atoms with van der Waals surface area (Å²) in [5.74, 6) is -0.143. The third-order valence-corrected chi connectivity index (χ3v) is 3.74. The molecule has 0 radical (unpaired) electrons. The molecular weight excluding hydrogens is 218 g/mol. The van der Waals surface area contributed by atoms with Crippen molar-refractivity contribution < 1.29 is 14.6 Å². The minimum atomic E-state index is -0.702. The van der Waals surface area contributed by atoms with Gasteiger partial charge in [-0.15, -0.1) is 0 Å². The molecule has 0 spiro atoms. The van der Waals surface area contributed by atoms with Gasteiger partial charge in [0, 0.05) is 19.7 Å². The van der Waals surface area contributed by atoms with Gasteiger partial charge in [0.1, 0.15) is 0 Å². The predicted octanol–water partition coefficient (Wildman–Crippen LogP) is 1.85. The largest absolute Gasteiger partial charge is 0.481 e. The molecule has 2 unspecified atom stereocenters. The highest BCUT2D eigenvalue weighted by atomic mass is 16.5. The van der Waals surface area contributed by atoms with Gasteiger partial charge < -0.3 is 14.7 Å². The van der Waals surface area contributed by atoms with Crippen LogP contribution >= 0.6 is 0 Å². The Balaban J connectivity index is 2.41. The minimum absolute atomic E-state index is 0.559. The lowest BCUT2D eigenvalue weighted by Crippen LogP contribution is -2.41. The van der Waals surface area contributed by atoms with Crippen LogP contribution in [0.4, 0.5) is 0 Å². The van der Waals surface area contributed by atoms with E-state index in [0.717, 1.165) is 26.2 Å². The van der Waals surface area contributed by atoms with Crippen LogP contribution < -0.4 is 0 Å². The molecule has 1 N–H and O–H groups in total. The zero-order valence-corrected chi connectivity index (χ0v) is 11.2. The second kappa shape index (κ2) is 6.36. The van der Waals surface area contributed by atoms with Crippen LogP contribution in [-0.2, 0) is 9.53 Å². The molecule has 0 bridgehead atoms. The van der Waals surface area contributed by atoms with Gasteiger partial charge in [0.25, 0.3) is 0 Å². The standard InChI is InChI=1S/C13H25NO3/c1-4-13(2,12(15)16)10-14(3)8-11-6-5-7-17-9-11/h11H,4-10H2,1-3H3,(H,15,16). The molecule has 4 nitrogen and oxygen atoms in total. The highest BCUT2D eigenvalue weighted by molar-refractivity contribution is 5.74. The maximum Gasteiger partial charge on any atom is 0.310 e. The van der Waals surface area contributed by atoms with Crippen molar-refractivity contribution in [3.8, 4) is 0 Å². The Morgan fingerprint density at radius 1 is 1.59 bits per heavy atom. The van der Waals surface area contributed by atoms with Crippen molar-refractivity contribution in [2.24, 2.45) is 11.3 Å². The summed E-state index contributed by atoms with van der Waals surface area (Å²) in [6.07, 6.45) is 2.98. The number of rotatable bonds is 6. The summed E-state index contributed by atoms with van der Waals surface area (Å²) in [6, 6.07) is 0. The van der Waals surface area contributed by atoms with E-state index in [4.69, 9.17) is 4.74 Å². The lowest BCUT2D eigenvalue weighted by Gasteiger charge is -2.32. The highest BCUT2D eigenvalue weighted by Gasteiger charge is 2.32. The molecule has 1 aliphatic heterocycles. The van der Waals surface area contributed by atoms with Crippen molar-refractivity contribution in [3.63, 3.8) is 0 Å². The fourth-order valence-electron chi connectivity index (χ4n) is 2.38. The first-order chi connectivity index (χ1) is 7.98. The lowest BCUT2D eigenvalue weighted by atomic mass is 9.87. The van der Waals surface area contributed by atoms with E-state index < -0.39 is 11.4 Å². The second-order valence-corrected chi connectivity index (χ2v) is 5.50. The zero-order chi connectivity index (χ0) is 12.9. The van der Waals surface area contributed by atoms with Gasteiger partial charge >= 0.3 is 5.97 Å². The first kappa shape index (κ1) is 14.5. The van der Waals surface area contributed by atoms with Crippen molar-refractivity contribution in [1.29, 1.82) is 0 Å². The molecule has 1 saturated heterocycles. The lowest BCUT2D eigenvalue weighted by molar-refractivity contribution is -0.149. The summed E-state index contributed by atoms with van der Waals surface area (Å²) in [5.41, 5.74) is -0.635.